The lowest BCUT2D eigenvalue weighted by molar-refractivity contribution is -0.385. The number of carbonyl (C=O) groups is 1. The van der Waals surface area contributed by atoms with Crippen molar-refractivity contribution >= 4 is 12.0 Å². The van der Waals surface area contributed by atoms with Crippen LogP contribution in [0.5, 0.6) is 5.75 Å². The fraction of sp³-hybridized carbons (Fsp3) is 0.364. The highest BCUT2D eigenvalue weighted by Crippen LogP contribution is 2.47. The maximum absolute atomic E-state index is 10.9. The summed E-state index contributed by atoms with van der Waals surface area (Å²) in [5.41, 5.74) is 0.125. The predicted octanol–water partition coefficient (Wildman–Crippen LogP) is 1.83. The Morgan fingerprint density at radius 1 is 1.50 bits per heavy atom. The highest BCUT2D eigenvalue weighted by molar-refractivity contribution is 5.74. The van der Waals surface area contributed by atoms with E-state index in [0.717, 1.165) is 19.1 Å². The van der Waals surface area contributed by atoms with Crippen molar-refractivity contribution < 1.29 is 14.5 Å². The summed E-state index contributed by atoms with van der Waals surface area (Å²) in [6.07, 6.45) is 2.40. The number of nitro benzene ring substituents is 1. The van der Waals surface area contributed by atoms with E-state index >= 15 is 0 Å². The maximum atomic E-state index is 10.9. The third kappa shape index (κ3) is 1.54. The summed E-state index contributed by atoms with van der Waals surface area (Å²) in [4.78, 5) is 21.2. The van der Waals surface area contributed by atoms with Crippen LogP contribution in [0.25, 0.3) is 0 Å². The van der Waals surface area contributed by atoms with Gasteiger partial charge in [-0.3, -0.25) is 10.1 Å². The highest BCUT2D eigenvalue weighted by Gasteiger charge is 2.45. The molecule has 0 aliphatic heterocycles. The zero-order valence-electron chi connectivity index (χ0n) is 8.80. The first-order valence-corrected chi connectivity index (χ1v) is 4.92. The van der Waals surface area contributed by atoms with Gasteiger partial charge in [0.25, 0.3) is 0 Å². The van der Waals surface area contributed by atoms with Crippen LogP contribution in [0, 0.1) is 10.1 Å². The Hall–Kier alpha value is -1.91. The first kappa shape index (κ1) is 10.6. The Balaban J connectivity index is 2.47. The largest absolute Gasteiger partial charge is 0.490 e. The molecule has 84 valence electrons. The minimum Gasteiger partial charge on any atom is -0.490 e. The molecule has 1 saturated carbocycles. The predicted molar refractivity (Wildman–Crippen MR) is 56.6 cm³/mol. The van der Waals surface area contributed by atoms with Gasteiger partial charge in [-0.25, -0.2) is 0 Å². The smallest absolute Gasteiger partial charge is 0.311 e. The molecule has 1 aromatic carbocycles. The zero-order chi connectivity index (χ0) is 11.8. The Bertz CT molecular complexity index is 451. The quantitative estimate of drug-likeness (QED) is 0.442. The molecule has 1 aliphatic carbocycles. The van der Waals surface area contributed by atoms with Crippen molar-refractivity contribution in [3.05, 3.63) is 33.9 Å². The molecular formula is C11H11NO4. The lowest BCUT2D eigenvalue weighted by Crippen LogP contribution is -2.08. The normalized spacial score (nSPS) is 16.6. The number of nitro groups is 1. The minimum atomic E-state index is -0.497. The van der Waals surface area contributed by atoms with Crippen LogP contribution < -0.4 is 4.74 Å². The molecule has 0 unspecified atom stereocenters. The van der Waals surface area contributed by atoms with Crippen LogP contribution in [0.1, 0.15) is 18.4 Å². The molecule has 1 aliphatic rings. The third-order valence-corrected chi connectivity index (χ3v) is 2.96. The van der Waals surface area contributed by atoms with Gasteiger partial charge < -0.3 is 9.53 Å². The number of carbonyl (C=O) groups excluding carboxylic acids is 1. The molecule has 0 saturated heterocycles. The molecule has 0 bridgehead atoms. The molecule has 0 N–H and O–H groups in total. The van der Waals surface area contributed by atoms with Crippen LogP contribution in [0.3, 0.4) is 0 Å². The maximum Gasteiger partial charge on any atom is 0.311 e. The summed E-state index contributed by atoms with van der Waals surface area (Å²) in [5, 5.41) is 10.8. The van der Waals surface area contributed by atoms with Crippen molar-refractivity contribution in [2.75, 3.05) is 7.11 Å². The van der Waals surface area contributed by atoms with E-state index < -0.39 is 10.3 Å². The monoisotopic (exact) mass is 221 g/mol. The number of benzene rings is 1. The van der Waals surface area contributed by atoms with E-state index in [2.05, 4.69) is 0 Å². The first-order valence-electron chi connectivity index (χ1n) is 4.92. The van der Waals surface area contributed by atoms with Gasteiger partial charge in [-0.15, -0.1) is 0 Å². The fourth-order valence-corrected chi connectivity index (χ4v) is 1.75. The van der Waals surface area contributed by atoms with Gasteiger partial charge in [-0.1, -0.05) is 6.07 Å². The molecule has 0 aromatic heterocycles. The summed E-state index contributed by atoms with van der Waals surface area (Å²) >= 11 is 0. The van der Waals surface area contributed by atoms with E-state index in [-0.39, 0.29) is 11.4 Å². The Labute approximate surface area is 92.2 Å². The molecule has 2 rings (SSSR count). The van der Waals surface area contributed by atoms with Crippen LogP contribution in [0.2, 0.25) is 0 Å². The molecular weight excluding hydrogens is 210 g/mol. The van der Waals surface area contributed by atoms with E-state index in [1.54, 1.807) is 6.07 Å². The molecule has 0 spiro atoms. The van der Waals surface area contributed by atoms with Gasteiger partial charge in [0.15, 0.2) is 5.75 Å². The van der Waals surface area contributed by atoms with Crippen LogP contribution >= 0.6 is 0 Å². The zero-order valence-corrected chi connectivity index (χ0v) is 8.80. The van der Waals surface area contributed by atoms with E-state index in [0.29, 0.717) is 5.56 Å². The van der Waals surface area contributed by atoms with Crippen molar-refractivity contribution in [2.45, 2.75) is 18.3 Å². The van der Waals surface area contributed by atoms with Gasteiger partial charge in [-0.05, 0) is 24.5 Å². The second-order valence-electron chi connectivity index (χ2n) is 3.92. The van der Waals surface area contributed by atoms with Crippen molar-refractivity contribution in [3.8, 4) is 5.75 Å². The Morgan fingerprint density at radius 2 is 2.19 bits per heavy atom. The number of hydrogen-bond donors (Lipinski definition) is 0. The minimum absolute atomic E-state index is 0.0897. The molecule has 16 heavy (non-hydrogen) atoms. The molecule has 0 atom stereocenters. The molecule has 5 heteroatoms. The second kappa shape index (κ2) is 3.59. The number of nitrogens with zero attached hydrogens (tertiary/aromatic N) is 1. The molecule has 1 fully saturated rings. The topological polar surface area (TPSA) is 69.4 Å². The summed E-state index contributed by atoms with van der Waals surface area (Å²) in [7, 11) is 1.38. The van der Waals surface area contributed by atoms with Crippen LogP contribution in [0.15, 0.2) is 18.2 Å². The third-order valence-electron chi connectivity index (χ3n) is 2.96. The van der Waals surface area contributed by atoms with Gasteiger partial charge in [0.05, 0.1) is 17.4 Å². The number of aldehydes is 1. The van der Waals surface area contributed by atoms with Crippen LogP contribution in [-0.2, 0) is 10.2 Å². The van der Waals surface area contributed by atoms with Gasteiger partial charge in [0.1, 0.15) is 6.29 Å². The van der Waals surface area contributed by atoms with Gasteiger partial charge >= 0.3 is 5.69 Å². The average Bonchev–Trinajstić information content (AvgIpc) is 3.09. The van der Waals surface area contributed by atoms with Crippen molar-refractivity contribution in [1.82, 2.24) is 0 Å². The fourth-order valence-electron chi connectivity index (χ4n) is 1.75. The van der Waals surface area contributed by atoms with Gasteiger partial charge in [0, 0.05) is 6.07 Å². The Kier molecular flexibility index (Phi) is 2.38. The van der Waals surface area contributed by atoms with Crippen molar-refractivity contribution in [1.29, 1.82) is 0 Å². The summed E-state index contributed by atoms with van der Waals surface area (Å²) in [6.45, 7) is 0. The number of rotatable bonds is 4. The SMILES string of the molecule is COc1ccc(C2(C=O)CC2)cc1[N+](=O)[O-]. The van der Waals surface area contributed by atoms with Gasteiger partial charge in [0.2, 0.25) is 0 Å². The van der Waals surface area contributed by atoms with Crippen LogP contribution in [-0.4, -0.2) is 18.3 Å². The summed E-state index contributed by atoms with van der Waals surface area (Å²) in [5.74, 6) is 0.218. The molecule has 0 heterocycles. The number of methoxy groups -OCH3 is 1. The van der Waals surface area contributed by atoms with Crippen molar-refractivity contribution in [3.63, 3.8) is 0 Å². The molecule has 0 radical (unpaired) electrons. The molecule has 1 aromatic rings. The second-order valence-corrected chi connectivity index (χ2v) is 3.92. The number of hydrogen-bond acceptors (Lipinski definition) is 4. The van der Waals surface area contributed by atoms with Crippen molar-refractivity contribution in [2.24, 2.45) is 0 Å². The lowest BCUT2D eigenvalue weighted by Gasteiger charge is -2.08. The first-order chi connectivity index (χ1) is 7.63. The molecule has 5 nitrogen and oxygen atoms in total. The van der Waals surface area contributed by atoms with E-state index in [1.807, 2.05) is 0 Å². The lowest BCUT2D eigenvalue weighted by atomic mass is 9.97. The highest BCUT2D eigenvalue weighted by atomic mass is 16.6. The van der Waals surface area contributed by atoms with E-state index in [4.69, 9.17) is 4.74 Å². The molecule has 0 amide bonds. The average molecular weight is 221 g/mol. The number of ether oxygens (including phenoxy) is 1. The Morgan fingerprint density at radius 3 is 2.62 bits per heavy atom. The van der Waals surface area contributed by atoms with Gasteiger partial charge in [-0.2, -0.15) is 0 Å². The summed E-state index contributed by atoms with van der Waals surface area (Å²) < 4.78 is 4.90. The van der Waals surface area contributed by atoms with E-state index in [9.17, 15) is 14.9 Å². The standard InChI is InChI=1S/C11H11NO4/c1-16-10-3-2-8(6-9(10)12(14)15)11(7-13)4-5-11/h2-3,6-7H,4-5H2,1H3. The summed E-state index contributed by atoms with van der Waals surface area (Å²) in [6, 6.07) is 4.69. The van der Waals surface area contributed by atoms with E-state index in [1.165, 1.54) is 19.2 Å². The van der Waals surface area contributed by atoms with Crippen LogP contribution in [0.4, 0.5) is 5.69 Å².